The summed E-state index contributed by atoms with van der Waals surface area (Å²) in [5.74, 6) is 2.53. The molecule has 0 aromatic carbocycles. The maximum Gasteiger partial charge on any atom is 0.00966 e. The molecule has 0 amide bonds. The van der Waals surface area contributed by atoms with Gasteiger partial charge in [0, 0.05) is 5.54 Å². The van der Waals surface area contributed by atoms with E-state index in [1.54, 1.807) is 0 Å². The first-order valence-electron chi connectivity index (χ1n) is 7.05. The van der Waals surface area contributed by atoms with E-state index in [-0.39, 0.29) is 5.54 Å². The van der Waals surface area contributed by atoms with Gasteiger partial charge in [0.1, 0.15) is 0 Å². The fourth-order valence-corrected chi connectivity index (χ4v) is 2.05. The van der Waals surface area contributed by atoms with Crippen LogP contribution in [0.3, 0.4) is 0 Å². The molecule has 0 rings (SSSR count). The molecule has 98 valence electrons. The first-order chi connectivity index (χ1) is 7.30. The molecule has 0 spiro atoms. The first kappa shape index (κ1) is 16.0. The Balaban J connectivity index is 3.93. The van der Waals surface area contributed by atoms with Gasteiger partial charge in [-0.05, 0) is 51.5 Å². The SMILES string of the molecule is CCC(CC)CC(C)C(C)CNC(C)(C)C. The quantitative estimate of drug-likeness (QED) is 0.676. The van der Waals surface area contributed by atoms with Crippen LogP contribution in [0.1, 0.15) is 67.7 Å². The molecular formula is C15H33N. The molecule has 0 fully saturated rings. The van der Waals surface area contributed by atoms with Crippen LogP contribution in [-0.2, 0) is 0 Å². The van der Waals surface area contributed by atoms with E-state index >= 15 is 0 Å². The fraction of sp³-hybridized carbons (Fsp3) is 1.00. The maximum atomic E-state index is 3.61. The molecule has 0 aliphatic heterocycles. The maximum absolute atomic E-state index is 3.61. The molecule has 0 aromatic rings. The second-order valence-electron chi connectivity index (χ2n) is 6.50. The summed E-state index contributed by atoms with van der Waals surface area (Å²) in [5, 5.41) is 3.61. The van der Waals surface area contributed by atoms with E-state index in [1.165, 1.54) is 19.3 Å². The lowest BCUT2D eigenvalue weighted by Gasteiger charge is -2.28. The Morgan fingerprint density at radius 2 is 1.44 bits per heavy atom. The fourth-order valence-electron chi connectivity index (χ4n) is 2.05. The van der Waals surface area contributed by atoms with Crippen molar-refractivity contribution in [2.24, 2.45) is 17.8 Å². The highest BCUT2D eigenvalue weighted by molar-refractivity contribution is 4.74. The summed E-state index contributed by atoms with van der Waals surface area (Å²) in [7, 11) is 0. The Kier molecular flexibility index (Phi) is 7.30. The zero-order valence-electron chi connectivity index (χ0n) is 12.6. The molecule has 1 nitrogen and oxygen atoms in total. The topological polar surface area (TPSA) is 12.0 Å². The monoisotopic (exact) mass is 227 g/mol. The van der Waals surface area contributed by atoms with Crippen LogP contribution in [0.2, 0.25) is 0 Å². The molecule has 0 saturated heterocycles. The molecule has 2 atom stereocenters. The lowest BCUT2D eigenvalue weighted by atomic mass is 9.84. The Bertz CT molecular complexity index is 165. The average molecular weight is 227 g/mol. The molecule has 0 saturated carbocycles. The Hall–Kier alpha value is -0.0400. The number of rotatable bonds is 7. The Morgan fingerprint density at radius 3 is 1.81 bits per heavy atom. The van der Waals surface area contributed by atoms with Gasteiger partial charge in [0.15, 0.2) is 0 Å². The van der Waals surface area contributed by atoms with Gasteiger partial charge in [-0.2, -0.15) is 0 Å². The third kappa shape index (κ3) is 7.27. The van der Waals surface area contributed by atoms with E-state index in [1.807, 2.05) is 0 Å². The van der Waals surface area contributed by atoms with Crippen LogP contribution in [0.25, 0.3) is 0 Å². The highest BCUT2D eigenvalue weighted by Crippen LogP contribution is 2.24. The molecule has 1 heteroatoms. The van der Waals surface area contributed by atoms with Crippen molar-refractivity contribution in [3.63, 3.8) is 0 Å². The van der Waals surface area contributed by atoms with E-state index in [0.29, 0.717) is 0 Å². The normalized spacial score (nSPS) is 16.5. The zero-order valence-corrected chi connectivity index (χ0v) is 12.6. The third-order valence-electron chi connectivity index (χ3n) is 3.79. The second-order valence-corrected chi connectivity index (χ2v) is 6.50. The van der Waals surface area contributed by atoms with Crippen molar-refractivity contribution < 1.29 is 0 Å². The summed E-state index contributed by atoms with van der Waals surface area (Å²) < 4.78 is 0. The van der Waals surface area contributed by atoms with Crippen molar-refractivity contribution in [2.75, 3.05) is 6.54 Å². The van der Waals surface area contributed by atoms with Crippen LogP contribution < -0.4 is 5.32 Å². The molecule has 0 aromatic heterocycles. The van der Waals surface area contributed by atoms with Crippen LogP contribution in [0.15, 0.2) is 0 Å². The standard InChI is InChI=1S/C15H33N/c1-8-14(9-2)10-12(3)13(4)11-16-15(5,6)7/h12-14,16H,8-11H2,1-7H3. The summed E-state index contributed by atoms with van der Waals surface area (Å²) in [4.78, 5) is 0. The second kappa shape index (κ2) is 7.32. The summed E-state index contributed by atoms with van der Waals surface area (Å²) in [6.07, 6.45) is 4.06. The van der Waals surface area contributed by atoms with Gasteiger partial charge >= 0.3 is 0 Å². The van der Waals surface area contributed by atoms with Crippen molar-refractivity contribution in [3.8, 4) is 0 Å². The Morgan fingerprint density at radius 1 is 0.938 bits per heavy atom. The van der Waals surface area contributed by atoms with Crippen molar-refractivity contribution in [1.29, 1.82) is 0 Å². The summed E-state index contributed by atoms with van der Waals surface area (Å²) in [6.45, 7) is 17.3. The van der Waals surface area contributed by atoms with Crippen LogP contribution in [0.5, 0.6) is 0 Å². The third-order valence-corrected chi connectivity index (χ3v) is 3.79. The number of hydrogen-bond donors (Lipinski definition) is 1. The first-order valence-corrected chi connectivity index (χ1v) is 7.05. The van der Waals surface area contributed by atoms with Gasteiger partial charge in [0.05, 0.1) is 0 Å². The zero-order chi connectivity index (χ0) is 12.8. The van der Waals surface area contributed by atoms with E-state index in [4.69, 9.17) is 0 Å². The van der Waals surface area contributed by atoms with E-state index in [0.717, 1.165) is 24.3 Å². The summed E-state index contributed by atoms with van der Waals surface area (Å²) in [6, 6.07) is 0. The van der Waals surface area contributed by atoms with Crippen LogP contribution in [-0.4, -0.2) is 12.1 Å². The molecule has 0 heterocycles. The van der Waals surface area contributed by atoms with Crippen LogP contribution in [0, 0.1) is 17.8 Å². The molecule has 16 heavy (non-hydrogen) atoms. The lowest BCUT2D eigenvalue weighted by molar-refractivity contribution is 0.266. The summed E-state index contributed by atoms with van der Waals surface area (Å²) >= 11 is 0. The van der Waals surface area contributed by atoms with Crippen molar-refractivity contribution >= 4 is 0 Å². The van der Waals surface area contributed by atoms with Crippen LogP contribution >= 0.6 is 0 Å². The molecule has 0 bridgehead atoms. The smallest absolute Gasteiger partial charge is 0.00966 e. The lowest BCUT2D eigenvalue weighted by Crippen LogP contribution is -2.40. The average Bonchev–Trinajstić information content (AvgIpc) is 2.20. The minimum Gasteiger partial charge on any atom is -0.312 e. The summed E-state index contributed by atoms with van der Waals surface area (Å²) in [5.41, 5.74) is 0.253. The predicted octanol–water partition coefficient (Wildman–Crippen LogP) is 4.47. The van der Waals surface area contributed by atoms with E-state index in [2.05, 4.69) is 53.8 Å². The minimum atomic E-state index is 0.253. The van der Waals surface area contributed by atoms with Gasteiger partial charge in [0.2, 0.25) is 0 Å². The van der Waals surface area contributed by atoms with Crippen molar-refractivity contribution in [3.05, 3.63) is 0 Å². The van der Waals surface area contributed by atoms with Gasteiger partial charge < -0.3 is 5.32 Å². The highest BCUT2D eigenvalue weighted by atomic mass is 14.9. The van der Waals surface area contributed by atoms with Gasteiger partial charge in [-0.3, -0.25) is 0 Å². The molecule has 0 aliphatic rings. The van der Waals surface area contributed by atoms with Crippen molar-refractivity contribution in [2.45, 2.75) is 73.3 Å². The predicted molar refractivity (Wildman–Crippen MR) is 74.8 cm³/mol. The molecule has 0 aliphatic carbocycles. The highest BCUT2D eigenvalue weighted by Gasteiger charge is 2.18. The molecule has 2 unspecified atom stereocenters. The van der Waals surface area contributed by atoms with Gasteiger partial charge in [-0.25, -0.2) is 0 Å². The van der Waals surface area contributed by atoms with Gasteiger partial charge in [0.25, 0.3) is 0 Å². The minimum absolute atomic E-state index is 0.253. The number of hydrogen-bond acceptors (Lipinski definition) is 1. The van der Waals surface area contributed by atoms with Gasteiger partial charge in [-0.1, -0.05) is 40.5 Å². The van der Waals surface area contributed by atoms with Gasteiger partial charge in [-0.15, -0.1) is 0 Å². The number of nitrogens with one attached hydrogen (secondary N) is 1. The van der Waals surface area contributed by atoms with Crippen molar-refractivity contribution in [1.82, 2.24) is 5.32 Å². The largest absolute Gasteiger partial charge is 0.312 e. The molecule has 0 radical (unpaired) electrons. The Labute approximate surface area is 103 Å². The van der Waals surface area contributed by atoms with E-state index in [9.17, 15) is 0 Å². The molecular weight excluding hydrogens is 194 g/mol. The molecule has 1 N–H and O–H groups in total. The van der Waals surface area contributed by atoms with E-state index < -0.39 is 0 Å². The van der Waals surface area contributed by atoms with Crippen LogP contribution in [0.4, 0.5) is 0 Å².